The van der Waals surface area contributed by atoms with E-state index in [1.807, 2.05) is 58.9 Å². The molecule has 1 aliphatic rings. The summed E-state index contributed by atoms with van der Waals surface area (Å²) in [6.07, 6.45) is -1.01. The summed E-state index contributed by atoms with van der Waals surface area (Å²) in [6.45, 7) is 13.7. The summed E-state index contributed by atoms with van der Waals surface area (Å²) in [5.41, 5.74) is 3.95. The number of halogens is 1. The topological polar surface area (TPSA) is 76.6 Å². The number of carbonyl (C=O) groups excluding carboxylic acids is 2. The van der Waals surface area contributed by atoms with Gasteiger partial charge in [-0.25, -0.2) is 4.39 Å². The standard InChI is InChI=1S/C32H39FN4O3/c1-21-18-36(19-22(2)37(21,31(39)40)32(4,5)6)20-24-8-14-27(15-9-24)35(7)30(38)28-16-17-29(34-23(28)3)25-10-12-26(33)13-11-25/h8-17,21-22H,18-20H2,1-7H3/t21-,22+,37?. The van der Waals surface area contributed by atoms with Crippen LogP contribution in [0.4, 0.5) is 14.9 Å². The minimum atomic E-state index is -1.01. The molecule has 4 rings (SSSR count). The molecule has 0 radical (unpaired) electrons. The van der Waals surface area contributed by atoms with Gasteiger partial charge in [-0.1, -0.05) is 12.1 Å². The first-order chi connectivity index (χ1) is 18.7. The maximum atomic E-state index is 13.3. The molecule has 2 amide bonds. The van der Waals surface area contributed by atoms with Crippen molar-refractivity contribution >= 4 is 17.7 Å². The number of hydrogen-bond acceptors (Lipinski definition) is 5. The number of quaternary nitrogens is 1. The number of piperazine rings is 1. The van der Waals surface area contributed by atoms with Crippen molar-refractivity contribution in [2.24, 2.45) is 0 Å². The Morgan fingerprint density at radius 2 is 1.57 bits per heavy atom. The highest BCUT2D eigenvalue weighted by atomic mass is 19.1. The van der Waals surface area contributed by atoms with Gasteiger partial charge in [0.25, 0.3) is 12.0 Å². The quantitative estimate of drug-likeness (QED) is 0.420. The number of pyridine rings is 1. The molecule has 0 bridgehead atoms. The molecular weight excluding hydrogens is 507 g/mol. The van der Waals surface area contributed by atoms with Crippen molar-refractivity contribution in [3.63, 3.8) is 0 Å². The summed E-state index contributed by atoms with van der Waals surface area (Å²) < 4.78 is 13.2. The van der Waals surface area contributed by atoms with E-state index < -0.39 is 11.6 Å². The summed E-state index contributed by atoms with van der Waals surface area (Å²) in [5, 5.41) is 12.4. The first-order valence-electron chi connectivity index (χ1n) is 13.7. The van der Waals surface area contributed by atoms with E-state index in [9.17, 15) is 19.1 Å². The number of hydrogen-bond donors (Lipinski definition) is 0. The molecule has 7 nitrogen and oxygen atoms in total. The number of carbonyl (C=O) groups is 2. The molecule has 1 unspecified atom stereocenters. The fourth-order valence-corrected chi connectivity index (χ4v) is 6.55. The fraction of sp³-hybridized carbons (Fsp3) is 0.406. The maximum Gasteiger partial charge on any atom is 0.259 e. The summed E-state index contributed by atoms with van der Waals surface area (Å²) in [6, 6.07) is 17.3. The van der Waals surface area contributed by atoms with E-state index in [1.54, 1.807) is 43.1 Å². The number of nitrogens with zero attached hydrogens (tertiary/aromatic N) is 4. The second-order valence-electron chi connectivity index (χ2n) is 12.0. The number of aryl methyl sites for hydroxylation is 1. The molecule has 2 aromatic carbocycles. The average Bonchev–Trinajstić information content (AvgIpc) is 2.87. The van der Waals surface area contributed by atoms with Crippen LogP contribution in [-0.2, 0) is 6.54 Å². The SMILES string of the molecule is Cc1nc(-c2ccc(F)cc2)ccc1C(=O)N(C)c1ccc(CN2C[C@@H](C)[N+](C(=O)[O-])(C(C)(C)C)[C@@H](C)C2)cc1. The molecule has 1 aromatic heterocycles. The Bertz CT molecular complexity index is 1370. The third-order valence-electron chi connectivity index (χ3n) is 8.34. The van der Waals surface area contributed by atoms with Crippen molar-refractivity contribution in [1.29, 1.82) is 0 Å². The van der Waals surface area contributed by atoms with Gasteiger partial charge in [-0.2, -0.15) is 0 Å². The van der Waals surface area contributed by atoms with E-state index in [-0.39, 0.29) is 28.3 Å². The van der Waals surface area contributed by atoms with Gasteiger partial charge in [0.2, 0.25) is 0 Å². The first-order valence-corrected chi connectivity index (χ1v) is 13.7. The van der Waals surface area contributed by atoms with Crippen molar-refractivity contribution in [3.8, 4) is 11.3 Å². The van der Waals surface area contributed by atoms with Gasteiger partial charge in [0.1, 0.15) is 17.9 Å². The lowest BCUT2D eigenvalue weighted by Gasteiger charge is -2.59. The van der Waals surface area contributed by atoms with Gasteiger partial charge in [-0.15, -0.1) is 0 Å². The molecule has 40 heavy (non-hydrogen) atoms. The molecule has 3 aromatic rings. The Labute approximate surface area is 236 Å². The van der Waals surface area contributed by atoms with E-state index in [0.717, 1.165) is 16.8 Å². The Hall–Kier alpha value is -3.62. The van der Waals surface area contributed by atoms with E-state index in [0.29, 0.717) is 36.6 Å². The molecule has 0 saturated carbocycles. The predicted molar refractivity (Wildman–Crippen MR) is 153 cm³/mol. The van der Waals surface area contributed by atoms with Crippen LogP contribution in [0.25, 0.3) is 11.3 Å². The maximum absolute atomic E-state index is 13.3. The van der Waals surface area contributed by atoms with Crippen LogP contribution in [0, 0.1) is 12.7 Å². The number of carboxylic acid groups (broad SMARTS) is 1. The third-order valence-corrected chi connectivity index (χ3v) is 8.34. The largest absolute Gasteiger partial charge is 0.498 e. The van der Waals surface area contributed by atoms with Gasteiger partial charge in [-0.05, 0) is 95.6 Å². The Kier molecular flexibility index (Phi) is 8.15. The molecule has 0 spiro atoms. The van der Waals surface area contributed by atoms with Gasteiger partial charge in [-0.3, -0.25) is 19.2 Å². The number of rotatable bonds is 5. The number of benzene rings is 2. The lowest BCUT2D eigenvalue weighted by Crippen LogP contribution is -2.79. The highest BCUT2D eigenvalue weighted by molar-refractivity contribution is 6.06. The van der Waals surface area contributed by atoms with Gasteiger partial charge in [0.15, 0.2) is 0 Å². The van der Waals surface area contributed by atoms with Crippen molar-refractivity contribution in [2.45, 2.75) is 65.7 Å². The highest BCUT2D eigenvalue weighted by Crippen LogP contribution is 2.36. The van der Waals surface area contributed by atoms with Crippen molar-refractivity contribution < 1.29 is 23.6 Å². The van der Waals surface area contributed by atoms with Crippen LogP contribution in [0.15, 0.2) is 60.7 Å². The van der Waals surface area contributed by atoms with Crippen LogP contribution in [0.2, 0.25) is 0 Å². The zero-order chi connectivity index (χ0) is 29.4. The normalized spacial score (nSPS) is 21.7. The molecule has 8 heteroatoms. The summed E-state index contributed by atoms with van der Waals surface area (Å²) >= 11 is 0. The molecule has 212 valence electrons. The second-order valence-corrected chi connectivity index (χ2v) is 12.0. The smallest absolute Gasteiger partial charge is 0.259 e. The Morgan fingerprint density at radius 3 is 2.08 bits per heavy atom. The number of aromatic nitrogens is 1. The monoisotopic (exact) mass is 546 g/mol. The second kappa shape index (κ2) is 11.1. The molecule has 0 N–H and O–H groups in total. The zero-order valence-electron chi connectivity index (χ0n) is 24.4. The minimum absolute atomic E-state index is 0.0610. The molecule has 1 aliphatic heterocycles. The summed E-state index contributed by atoms with van der Waals surface area (Å²) in [5.74, 6) is -0.474. The molecule has 2 heterocycles. The van der Waals surface area contributed by atoms with E-state index in [1.165, 1.54) is 12.1 Å². The third kappa shape index (κ3) is 5.38. The zero-order valence-corrected chi connectivity index (χ0v) is 24.4. The molecular formula is C32H39FN4O3. The predicted octanol–water partition coefficient (Wildman–Crippen LogP) is 5.02. The van der Waals surface area contributed by atoms with E-state index in [2.05, 4.69) is 9.88 Å². The summed E-state index contributed by atoms with van der Waals surface area (Å²) in [7, 11) is 1.74. The molecule has 1 fully saturated rings. The van der Waals surface area contributed by atoms with Crippen LogP contribution >= 0.6 is 0 Å². The Balaban J connectivity index is 1.44. The fourth-order valence-electron chi connectivity index (χ4n) is 6.55. The molecule has 1 saturated heterocycles. The Morgan fingerprint density at radius 1 is 1.00 bits per heavy atom. The van der Waals surface area contributed by atoms with Gasteiger partial charge in [0.05, 0.1) is 35.6 Å². The lowest BCUT2D eigenvalue weighted by atomic mass is 9.91. The van der Waals surface area contributed by atoms with Crippen molar-refractivity contribution in [2.75, 3.05) is 25.0 Å². The summed E-state index contributed by atoms with van der Waals surface area (Å²) in [4.78, 5) is 34.2. The van der Waals surface area contributed by atoms with Gasteiger partial charge < -0.3 is 14.8 Å². The van der Waals surface area contributed by atoms with Gasteiger partial charge in [0, 0.05) is 24.8 Å². The molecule has 3 atom stereocenters. The van der Waals surface area contributed by atoms with Crippen LogP contribution in [0.3, 0.4) is 0 Å². The number of amides is 2. The van der Waals surface area contributed by atoms with Crippen LogP contribution in [0.1, 0.15) is 56.2 Å². The number of anilines is 1. The molecule has 0 aliphatic carbocycles. The van der Waals surface area contributed by atoms with Crippen molar-refractivity contribution in [3.05, 3.63) is 83.3 Å². The lowest BCUT2D eigenvalue weighted by molar-refractivity contribution is -0.963. The van der Waals surface area contributed by atoms with Crippen LogP contribution in [-0.4, -0.2) is 64.1 Å². The van der Waals surface area contributed by atoms with E-state index >= 15 is 0 Å². The van der Waals surface area contributed by atoms with Crippen LogP contribution < -0.4 is 10.0 Å². The highest BCUT2D eigenvalue weighted by Gasteiger charge is 2.54. The average molecular weight is 547 g/mol. The van der Waals surface area contributed by atoms with Gasteiger partial charge >= 0.3 is 0 Å². The minimum Gasteiger partial charge on any atom is -0.498 e. The van der Waals surface area contributed by atoms with E-state index in [4.69, 9.17) is 0 Å². The van der Waals surface area contributed by atoms with Crippen LogP contribution in [0.5, 0.6) is 0 Å². The first kappa shape index (κ1) is 29.4. The van der Waals surface area contributed by atoms with Crippen molar-refractivity contribution in [1.82, 2.24) is 9.88 Å².